The average molecular weight is 227 g/mol. The van der Waals surface area contributed by atoms with Crippen LogP contribution in [0.25, 0.3) is 0 Å². The van der Waals surface area contributed by atoms with Gasteiger partial charge in [-0.2, -0.15) is 0 Å². The Hall–Kier alpha value is -2.29. The fourth-order valence-corrected chi connectivity index (χ4v) is 1.48. The van der Waals surface area contributed by atoms with E-state index in [0.717, 1.165) is 11.8 Å². The summed E-state index contributed by atoms with van der Waals surface area (Å²) in [6.07, 6.45) is 1.11. The summed E-state index contributed by atoms with van der Waals surface area (Å²) < 4.78 is 5.54. The lowest BCUT2D eigenvalue weighted by molar-refractivity contribution is 0.304. The molecule has 2 rings (SSSR count). The summed E-state index contributed by atoms with van der Waals surface area (Å²) in [5, 5.41) is 16.6. The summed E-state index contributed by atoms with van der Waals surface area (Å²) in [7, 11) is 0. The molecule has 0 aromatic heterocycles. The van der Waals surface area contributed by atoms with Crippen molar-refractivity contribution in [2.24, 2.45) is 0 Å². The zero-order valence-corrected chi connectivity index (χ0v) is 9.26. The number of aromatic hydroxyl groups is 1. The van der Waals surface area contributed by atoms with Crippen LogP contribution in [-0.4, -0.2) is 11.3 Å². The molecule has 3 heteroatoms. The monoisotopic (exact) mass is 227 g/mol. The highest BCUT2D eigenvalue weighted by Crippen LogP contribution is 2.22. The Balaban J connectivity index is 2.05. The number of nitrogens with one attached hydrogen (secondary N) is 1. The first kappa shape index (κ1) is 11.2. The van der Waals surface area contributed by atoms with Crippen molar-refractivity contribution in [1.29, 1.82) is 5.41 Å². The van der Waals surface area contributed by atoms with Gasteiger partial charge in [-0.3, -0.25) is 0 Å². The molecule has 0 saturated heterocycles. The van der Waals surface area contributed by atoms with E-state index in [1.807, 2.05) is 30.3 Å². The van der Waals surface area contributed by atoms with Gasteiger partial charge in [0.15, 0.2) is 0 Å². The maximum atomic E-state index is 9.56. The van der Waals surface area contributed by atoms with Gasteiger partial charge in [0.1, 0.15) is 18.1 Å². The molecule has 0 spiro atoms. The molecule has 0 aliphatic rings. The van der Waals surface area contributed by atoms with E-state index < -0.39 is 0 Å². The molecule has 0 amide bonds. The predicted molar refractivity (Wildman–Crippen MR) is 66.8 cm³/mol. The first-order chi connectivity index (χ1) is 8.29. The van der Waals surface area contributed by atoms with E-state index >= 15 is 0 Å². The third kappa shape index (κ3) is 2.84. The normalized spacial score (nSPS) is 9.88. The first-order valence-electron chi connectivity index (χ1n) is 5.30. The maximum absolute atomic E-state index is 9.56. The quantitative estimate of drug-likeness (QED) is 0.789. The summed E-state index contributed by atoms with van der Waals surface area (Å²) in [5.41, 5.74) is 1.56. The molecule has 0 aliphatic carbocycles. The summed E-state index contributed by atoms with van der Waals surface area (Å²) in [6.45, 7) is 0.463. The number of hydrogen-bond donors (Lipinski definition) is 2. The van der Waals surface area contributed by atoms with Gasteiger partial charge in [-0.05, 0) is 17.7 Å². The van der Waals surface area contributed by atoms with Crippen LogP contribution in [0.15, 0.2) is 48.5 Å². The molecule has 17 heavy (non-hydrogen) atoms. The van der Waals surface area contributed by atoms with Gasteiger partial charge in [-0.1, -0.05) is 30.3 Å². The van der Waals surface area contributed by atoms with Crippen molar-refractivity contribution in [2.45, 2.75) is 6.61 Å². The zero-order chi connectivity index (χ0) is 12.1. The number of phenolic OH excluding ortho intramolecular Hbond substituents is 1. The second-order valence-corrected chi connectivity index (χ2v) is 3.64. The summed E-state index contributed by atoms with van der Waals surface area (Å²) in [6, 6.07) is 14.7. The average Bonchev–Trinajstić information content (AvgIpc) is 2.38. The van der Waals surface area contributed by atoms with Crippen molar-refractivity contribution in [3.8, 4) is 11.5 Å². The van der Waals surface area contributed by atoms with E-state index in [0.29, 0.717) is 17.9 Å². The molecule has 0 heterocycles. The minimum atomic E-state index is 0.0607. The van der Waals surface area contributed by atoms with Crippen LogP contribution in [0.1, 0.15) is 11.1 Å². The van der Waals surface area contributed by atoms with Crippen molar-refractivity contribution in [1.82, 2.24) is 0 Å². The molecule has 3 nitrogen and oxygen atoms in total. The van der Waals surface area contributed by atoms with Crippen molar-refractivity contribution >= 4 is 6.21 Å². The van der Waals surface area contributed by atoms with Crippen LogP contribution in [0.4, 0.5) is 0 Å². The van der Waals surface area contributed by atoms with Gasteiger partial charge in [0.2, 0.25) is 0 Å². The smallest absolute Gasteiger partial charge is 0.128 e. The van der Waals surface area contributed by atoms with Gasteiger partial charge in [0, 0.05) is 17.8 Å². The molecule has 0 saturated carbocycles. The molecular weight excluding hydrogens is 214 g/mol. The number of hydrogen-bond acceptors (Lipinski definition) is 3. The van der Waals surface area contributed by atoms with Crippen LogP contribution in [0, 0.1) is 5.41 Å². The van der Waals surface area contributed by atoms with Crippen molar-refractivity contribution in [3.05, 3.63) is 59.7 Å². The Labute approximate surface area is 99.8 Å². The van der Waals surface area contributed by atoms with Crippen LogP contribution in [-0.2, 0) is 6.61 Å². The van der Waals surface area contributed by atoms with Gasteiger partial charge in [0.05, 0.1) is 0 Å². The molecule has 0 unspecified atom stereocenters. The largest absolute Gasteiger partial charge is 0.507 e. The molecule has 0 radical (unpaired) electrons. The molecule has 2 aromatic rings. The van der Waals surface area contributed by atoms with E-state index in [1.54, 1.807) is 12.1 Å². The standard InChI is InChI=1S/C14H13NO2/c15-9-12-6-7-13(8-14(12)16)17-10-11-4-2-1-3-5-11/h1-9,15-16H,10H2. The summed E-state index contributed by atoms with van der Waals surface area (Å²) >= 11 is 0. The lowest BCUT2D eigenvalue weighted by Crippen LogP contribution is -1.95. The Morgan fingerprint density at radius 2 is 1.88 bits per heavy atom. The fraction of sp³-hybridized carbons (Fsp3) is 0.0714. The van der Waals surface area contributed by atoms with Crippen LogP contribution in [0.5, 0.6) is 11.5 Å². The van der Waals surface area contributed by atoms with E-state index in [-0.39, 0.29) is 5.75 Å². The van der Waals surface area contributed by atoms with E-state index in [9.17, 15) is 5.11 Å². The molecule has 86 valence electrons. The Morgan fingerprint density at radius 3 is 2.53 bits per heavy atom. The molecule has 0 atom stereocenters. The Bertz CT molecular complexity index is 509. The molecule has 0 aliphatic heterocycles. The van der Waals surface area contributed by atoms with Gasteiger partial charge in [0.25, 0.3) is 0 Å². The van der Waals surface area contributed by atoms with E-state index in [2.05, 4.69) is 0 Å². The first-order valence-corrected chi connectivity index (χ1v) is 5.30. The maximum Gasteiger partial charge on any atom is 0.128 e. The third-order valence-electron chi connectivity index (χ3n) is 2.41. The van der Waals surface area contributed by atoms with Crippen LogP contribution in [0.2, 0.25) is 0 Å². The number of phenols is 1. The highest BCUT2D eigenvalue weighted by Gasteiger charge is 2.01. The van der Waals surface area contributed by atoms with Crippen LogP contribution in [0.3, 0.4) is 0 Å². The minimum Gasteiger partial charge on any atom is -0.507 e. The van der Waals surface area contributed by atoms with E-state index in [1.165, 1.54) is 6.07 Å². The highest BCUT2D eigenvalue weighted by molar-refractivity contribution is 5.81. The molecule has 2 aromatic carbocycles. The minimum absolute atomic E-state index is 0.0607. The zero-order valence-electron chi connectivity index (χ0n) is 9.26. The van der Waals surface area contributed by atoms with Crippen molar-refractivity contribution in [2.75, 3.05) is 0 Å². The van der Waals surface area contributed by atoms with Gasteiger partial charge < -0.3 is 15.3 Å². The lowest BCUT2D eigenvalue weighted by Gasteiger charge is -2.07. The molecule has 2 N–H and O–H groups in total. The van der Waals surface area contributed by atoms with Gasteiger partial charge >= 0.3 is 0 Å². The summed E-state index contributed by atoms with van der Waals surface area (Å²) in [5.74, 6) is 0.655. The number of benzene rings is 2. The van der Waals surface area contributed by atoms with Crippen LogP contribution >= 0.6 is 0 Å². The number of ether oxygens (including phenoxy) is 1. The predicted octanol–water partition coefficient (Wildman–Crippen LogP) is 2.97. The number of rotatable bonds is 4. The summed E-state index contributed by atoms with van der Waals surface area (Å²) in [4.78, 5) is 0. The van der Waals surface area contributed by atoms with Crippen molar-refractivity contribution < 1.29 is 9.84 Å². The third-order valence-corrected chi connectivity index (χ3v) is 2.41. The second-order valence-electron chi connectivity index (χ2n) is 3.64. The van der Waals surface area contributed by atoms with Gasteiger partial charge in [-0.25, -0.2) is 0 Å². The van der Waals surface area contributed by atoms with Crippen LogP contribution < -0.4 is 4.74 Å². The molecule has 0 bridgehead atoms. The van der Waals surface area contributed by atoms with Crippen molar-refractivity contribution in [3.63, 3.8) is 0 Å². The highest BCUT2D eigenvalue weighted by atomic mass is 16.5. The topological polar surface area (TPSA) is 53.3 Å². The SMILES string of the molecule is N=Cc1ccc(OCc2ccccc2)cc1O. The Morgan fingerprint density at radius 1 is 1.12 bits per heavy atom. The van der Waals surface area contributed by atoms with Gasteiger partial charge in [-0.15, -0.1) is 0 Å². The van der Waals surface area contributed by atoms with E-state index in [4.69, 9.17) is 10.1 Å². The fourth-order valence-electron chi connectivity index (χ4n) is 1.48. The second kappa shape index (κ2) is 5.16. The lowest BCUT2D eigenvalue weighted by atomic mass is 10.2. The molecule has 0 fully saturated rings. The Kier molecular flexibility index (Phi) is 3.40. The molecular formula is C14H13NO2.